The van der Waals surface area contributed by atoms with Crippen molar-refractivity contribution in [2.75, 3.05) is 13.1 Å². The van der Waals surface area contributed by atoms with Crippen LogP contribution in [0, 0.1) is 0 Å². The summed E-state index contributed by atoms with van der Waals surface area (Å²) in [7, 11) is -3.58. The monoisotopic (exact) mass is 336 g/mol. The van der Waals surface area contributed by atoms with E-state index >= 15 is 0 Å². The van der Waals surface area contributed by atoms with E-state index in [1.807, 2.05) is 26.0 Å². The minimum absolute atomic E-state index is 0.0877. The highest BCUT2D eigenvalue weighted by Gasteiger charge is 2.35. The maximum atomic E-state index is 12.6. The second-order valence-corrected chi connectivity index (χ2v) is 7.70. The van der Waals surface area contributed by atoms with E-state index in [4.69, 9.17) is 4.74 Å². The fourth-order valence-electron chi connectivity index (χ4n) is 2.47. The first-order chi connectivity index (χ1) is 11.0. The Hall–Kier alpha value is -1.93. The molecule has 0 amide bonds. The Morgan fingerprint density at radius 2 is 2.13 bits per heavy atom. The molecule has 1 fully saturated rings. The van der Waals surface area contributed by atoms with Crippen LogP contribution in [-0.4, -0.2) is 46.5 Å². The van der Waals surface area contributed by atoms with Crippen LogP contribution >= 0.6 is 0 Å². The fraction of sp³-hybridized carbons (Fsp3) is 0.467. The molecular formula is C15H20N4O3S. The molecule has 1 saturated heterocycles. The van der Waals surface area contributed by atoms with Crippen molar-refractivity contribution in [2.24, 2.45) is 0 Å². The largest absolute Gasteiger partial charge is 0.473 e. The standard InChI is InChI=1S/C15H20N4O3S/c1-12(2)18-10-15(17-11-18)23(20,21)19-8-6-13(9-19)22-14-5-3-4-7-16-14/h3-5,7,10-13H,6,8-9H2,1-2H3/t13-/m0/s1. The van der Waals surface area contributed by atoms with Crippen LogP contribution in [0.1, 0.15) is 26.3 Å². The Bertz CT molecular complexity index is 758. The number of pyridine rings is 1. The lowest BCUT2D eigenvalue weighted by Crippen LogP contribution is -2.31. The topological polar surface area (TPSA) is 77.3 Å². The van der Waals surface area contributed by atoms with E-state index in [0.717, 1.165) is 0 Å². The van der Waals surface area contributed by atoms with Crippen LogP contribution in [0.2, 0.25) is 0 Å². The van der Waals surface area contributed by atoms with Gasteiger partial charge in [-0.05, 0) is 26.3 Å². The Labute approximate surface area is 136 Å². The zero-order valence-electron chi connectivity index (χ0n) is 13.2. The molecule has 0 radical (unpaired) electrons. The molecule has 0 N–H and O–H groups in total. The number of hydrogen-bond acceptors (Lipinski definition) is 5. The van der Waals surface area contributed by atoms with Crippen LogP contribution in [0.25, 0.3) is 0 Å². The maximum absolute atomic E-state index is 12.6. The summed E-state index contributed by atoms with van der Waals surface area (Å²) in [6.07, 6.45) is 5.23. The maximum Gasteiger partial charge on any atom is 0.262 e. The van der Waals surface area contributed by atoms with Gasteiger partial charge in [-0.3, -0.25) is 0 Å². The first kappa shape index (κ1) is 15.9. The zero-order chi connectivity index (χ0) is 16.4. The van der Waals surface area contributed by atoms with Crippen molar-refractivity contribution in [2.45, 2.75) is 37.4 Å². The van der Waals surface area contributed by atoms with Crippen molar-refractivity contribution in [1.82, 2.24) is 18.8 Å². The normalized spacial score (nSPS) is 19.3. The predicted octanol–water partition coefficient (Wildman–Crippen LogP) is 1.70. The van der Waals surface area contributed by atoms with Gasteiger partial charge in [-0.15, -0.1) is 0 Å². The SMILES string of the molecule is CC(C)n1cnc(S(=O)(=O)N2CC[C@H](Oc3ccccn3)C2)c1. The molecule has 1 atom stereocenters. The number of nitrogens with zero attached hydrogens (tertiary/aromatic N) is 4. The molecule has 0 unspecified atom stereocenters. The summed E-state index contributed by atoms with van der Waals surface area (Å²) in [4.78, 5) is 8.15. The van der Waals surface area contributed by atoms with E-state index in [1.165, 1.54) is 4.31 Å². The number of imidazole rings is 1. The smallest absolute Gasteiger partial charge is 0.262 e. The highest BCUT2D eigenvalue weighted by molar-refractivity contribution is 7.89. The molecule has 1 aliphatic heterocycles. The summed E-state index contributed by atoms with van der Waals surface area (Å²) < 4.78 is 34.2. The molecule has 1 aliphatic rings. The van der Waals surface area contributed by atoms with Gasteiger partial charge in [-0.1, -0.05) is 6.07 Å². The number of aromatic nitrogens is 3. The summed E-state index contributed by atoms with van der Waals surface area (Å²) in [6, 6.07) is 5.58. The van der Waals surface area contributed by atoms with Gasteiger partial charge in [0.25, 0.3) is 10.0 Å². The number of ether oxygens (including phenoxy) is 1. The van der Waals surface area contributed by atoms with E-state index in [9.17, 15) is 8.42 Å². The number of rotatable bonds is 5. The van der Waals surface area contributed by atoms with Gasteiger partial charge in [0.05, 0.1) is 12.9 Å². The lowest BCUT2D eigenvalue weighted by molar-refractivity contribution is 0.207. The van der Waals surface area contributed by atoms with Gasteiger partial charge < -0.3 is 9.30 Å². The third kappa shape index (κ3) is 3.37. The highest BCUT2D eigenvalue weighted by Crippen LogP contribution is 2.23. The highest BCUT2D eigenvalue weighted by atomic mass is 32.2. The Kier molecular flexibility index (Phi) is 4.36. The van der Waals surface area contributed by atoms with Crippen molar-refractivity contribution in [3.05, 3.63) is 36.9 Å². The summed E-state index contributed by atoms with van der Waals surface area (Å²) in [5, 5.41) is 0.0877. The molecule has 2 aromatic heterocycles. The molecule has 0 aliphatic carbocycles. The minimum atomic E-state index is -3.58. The molecule has 124 valence electrons. The summed E-state index contributed by atoms with van der Waals surface area (Å²) in [5.74, 6) is 0.515. The van der Waals surface area contributed by atoms with Gasteiger partial charge in [-0.2, -0.15) is 4.31 Å². The second kappa shape index (κ2) is 6.29. The van der Waals surface area contributed by atoms with Crippen LogP contribution in [0.5, 0.6) is 5.88 Å². The lowest BCUT2D eigenvalue weighted by Gasteiger charge is -2.15. The Balaban J connectivity index is 1.69. The van der Waals surface area contributed by atoms with Crippen molar-refractivity contribution in [1.29, 1.82) is 0 Å². The van der Waals surface area contributed by atoms with Crippen LogP contribution in [0.15, 0.2) is 41.9 Å². The predicted molar refractivity (Wildman–Crippen MR) is 84.6 cm³/mol. The van der Waals surface area contributed by atoms with Gasteiger partial charge in [0.15, 0.2) is 5.03 Å². The molecule has 0 saturated carbocycles. The van der Waals surface area contributed by atoms with E-state index in [1.54, 1.807) is 29.4 Å². The molecule has 3 rings (SSSR count). The van der Waals surface area contributed by atoms with Crippen LogP contribution in [0.4, 0.5) is 0 Å². The van der Waals surface area contributed by atoms with Gasteiger partial charge in [-0.25, -0.2) is 18.4 Å². The third-order valence-electron chi connectivity index (χ3n) is 3.81. The average molecular weight is 336 g/mol. The van der Waals surface area contributed by atoms with Gasteiger partial charge in [0.2, 0.25) is 5.88 Å². The zero-order valence-corrected chi connectivity index (χ0v) is 14.0. The van der Waals surface area contributed by atoms with E-state index in [2.05, 4.69) is 9.97 Å². The molecule has 2 aromatic rings. The number of hydrogen-bond donors (Lipinski definition) is 0. The fourth-order valence-corrected chi connectivity index (χ4v) is 3.87. The Morgan fingerprint density at radius 3 is 2.78 bits per heavy atom. The van der Waals surface area contributed by atoms with Crippen LogP contribution < -0.4 is 4.74 Å². The van der Waals surface area contributed by atoms with Crippen LogP contribution in [0.3, 0.4) is 0 Å². The first-order valence-electron chi connectivity index (χ1n) is 7.58. The lowest BCUT2D eigenvalue weighted by atomic mass is 10.3. The first-order valence-corrected chi connectivity index (χ1v) is 9.02. The summed E-state index contributed by atoms with van der Waals surface area (Å²) in [6.45, 7) is 4.69. The quantitative estimate of drug-likeness (QED) is 0.830. The number of sulfonamides is 1. The van der Waals surface area contributed by atoms with Gasteiger partial charge in [0, 0.05) is 31.0 Å². The van der Waals surface area contributed by atoms with E-state index in [-0.39, 0.29) is 17.2 Å². The molecule has 0 bridgehead atoms. The van der Waals surface area contributed by atoms with Crippen molar-refractivity contribution in [3.63, 3.8) is 0 Å². The molecule has 23 heavy (non-hydrogen) atoms. The second-order valence-electron chi connectivity index (χ2n) is 5.81. The third-order valence-corrected chi connectivity index (χ3v) is 5.56. The van der Waals surface area contributed by atoms with Crippen molar-refractivity contribution < 1.29 is 13.2 Å². The van der Waals surface area contributed by atoms with E-state index < -0.39 is 10.0 Å². The molecule has 0 spiro atoms. The molecular weight excluding hydrogens is 316 g/mol. The molecule has 3 heterocycles. The molecule has 8 heteroatoms. The van der Waals surface area contributed by atoms with Gasteiger partial charge in [0.1, 0.15) is 6.10 Å². The summed E-state index contributed by atoms with van der Waals surface area (Å²) in [5.41, 5.74) is 0. The Morgan fingerprint density at radius 1 is 1.30 bits per heavy atom. The minimum Gasteiger partial charge on any atom is -0.473 e. The van der Waals surface area contributed by atoms with E-state index in [0.29, 0.717) is 25.4 Å². The molecule has 7 nitrogen and oxygen atoms in total. The molecule has 0 aromatic carbocycles. The average Bonchev–Trinajstić information content (AvgIpc) is 3.18. The summed E-state index contributed by atoms with van der Waals surface area (Å²) >= 11 is 0. The van der Waals surface area contributed by atoms with Crippen molar-refractivity contribution in [3.8, 4) is 5.88 Å². The van der Waals surface area contributed by atoms with Crippen LogP contribution in [-0.2, 0) is 10.0 Å². The van der Waals surface area contributed by atoms with Crippen molar-refractivity contribution >= 4 is 10.0 Å². The van der Waals surface area contributed by atoms with Gasteiger partial charge >= 0.3 is 0 Å².